The molecule has 29 heavy (non-hydrogen) atoms. The molecular formula is C21H25ClN4O3. The summed E-state index contributed by atoms with van der Waals surface area (Å²) >= 11 is 6.07. The van der Waals surface area contributed by atoms with Crippen LogP contribution < -0.4 is 15.8 Å². The number of halogens is 1. The lowest BCUT2D eigenvalue weighted by Crippen LogP contribution is -2.50. The first-order valence-corrected chi connectivity index (χ1v) is 10.1. The number of aryl methyl sites for hydroxylation is 1. The Morgan fingerprint density at radius 1 is 1.10 bits per heavy atom. The van der Waals surface area contributed by atoms with Crippen LogP contribution >= 0.6 is 11.6 Å². The molecule has 8 heteroatoms. The zero-order chi connectivity index (χ0) is 21.0. The Labute approximate surface area is 174 Å². The zero-order valence-corrected chi connectivity index (χ0v) is 17.4. The lowest BCUT2D eigenvalue weighted by Gasteiger charge is -2.36. The number of carbonyl (C=O) groups excluding carboxylic acids is 2. The minimum atomic E-state index is -0.363. The minimum Gasteiger partial charge on any atom is -0.368 e. The van der Waals surface area contributed by atoms with Gasteiger partial charge in [-0.3, -0.25) is 14.4 Å². The Bertz CT molecular complexity index is 965. The second-order valence-corrected chi connectivity index (χ2v) is 7.47. The van der Waals surface area contributed by atoms with Crippen molar-refractivity contribution in [1.29, 1.82) is 0 Å². The van der Waals surface area contributed by atoms with Crippen molar-refractivity contribution in [2.45, 2.75) is 26.8 Å². The van der Waals surface area contributed by atoms with Gasteiger partial charge in [0.05, 0.1) is 0 Å². The van der Waals surface area contributed by atoms with Gasteiger partial charge < -0.3 is 19.7 Å². The number of hydrogen-bond acceptors (Lipinski definition) is 4. The van der Waals surface area contributed by atoms with Gasteiger partial charge in [0.25, 0.3) is 5.56 Å². The molecule has 0 aliphatic carbocycles. The molecule has 0 unspecified atom stereocenters. The highest BCUT2D eigenvalue weighted by Gasteiger charge is 2.22. The number of piperazine rings is 1. The minimum absolute atomic E-state index is 0.0440. The summed E-state index contributed by atoms with van der Waals surface area (Å²) in [5, 5.41) is 3.28. The van der Waals surface area contributed by atoms with Crippen molar-refractivity contribution in [2.24, 2.45) is 0 Å². The Morgan fingerprint density at radius 3 is 2.48 bits per heavy atom. The van der Waals surface area contributed by atoms with Gasteiger partial charge >= 0.3 is 0 Å². The molecule has 0 spiro atoms. The second kappa shape index (κ2) is 9.13. The second-order valence-electron chi connectivity index (χ2n) is 7.03. The fourth-order valence-electron chi connectivity index (χ4n) is 3.32. The number of benzene rings is 1. The maximum atomic E-state index is 12.8. The Morgan fingerprint density at radius 2 is 1.83 bits per heavy atom. The van der Waals surface area contributed by atoms with Crippen LogP contribution in [-0.4, -0.2) is 47.5 Å². The summed E-state index contributed by atoms with van der Waals surface area (Å²) in [7, 11) is 0. The van der Waals surface area contributed by atoms with E-state index in [2.05, 4.69) is 10.2 Å². The first-order valence-electron chi connectivity index (χ1n) is 9.67. The van der Waals surface area contributed by atoms with E-state index >= 15 is 0 Å². The fraction of sp³-hybridized carbons (Fsp3) is 0.381. The van der Waals surface area contributed by atoms with Gasteiger partial charge in [-0.2, -0.15) is 0 Å². The summed E-state index contributed by atoms with van der Waals surface area (Å²) in [4.78, 5) is 41.1. The van der Waals surface area contributed by atoms with Gasteiger partial charge in [0, 0.05) is 49.0 Å². The highest BCUT2D eigenvalue weighted by molar-refractivity contribution is 6.30. The first kappa shape index (κ1) is 20.9. The van der Waals surface area contributed by atoms with E-state index in [1.54, 1.807) is 30.9 Å². The van der Waals surface area contributed by atoms with Crippen LogP contribution in [-0.2, 0) is 16.1 Å². The number of nitrogens with zero attached hydrogens (tertiary/aromatic N) is 3. The van der Waals surface area contributed by atoms with Crippen LogP contribution in [0.15, 0.2) is 41.2 Å². The lowest BCUT2D eigenvalue weighted by atomic mass is 10.2. The van der Waals surface area contributed by atoms with Gasteiger partial charge in [0.15, 0.2) is 0 Å². The monoisotopic (exact) mass is 416 g/mol. The quantitative estimate of drug-likeness (QED) is 0.812. The number of nitrogens with one attached hydrogen (secondary N) is 1. The Balaban J connectivity index is 1.66. The van der Waals surface area contributed by atoms with Crippen LogP contribution in [0.4, 0.5) is 11.4 Å². The zero-order valence-electron chi connectivity index (χ0n) is 16.7. The molecule has 0 radical (unpaired) electrons. The van der Waals surface area contributed by atoms with Crippen molar-refractivity contribution >= 4 is 34.8 Å². The topological polar surface area (TPSA) is 74.7 Å². The van der Waals surface area contributed by atoms with Crippen LogP contribution in [0.1, 0.15) is 19.0 Å². The number of hydrogen-bond donors (Lipinski definition) is 1. The van der Waals surface area contributed by atoms with Crippen molar-refractivity contribution in [3.05, 3.63) is 57.5 Å². The third kappa shape index (κ3) is 4.98. The molecule has 1 saturated heterocycles. The van der Waals surface area contributed by atoms with Crippen molar-refractivity contribution in [2.75, 3.05) is 36.4 Å². The van der Waals surface area contributed by atoms with Crippen LogP contribution in [0, 0.1) is 6.92 Å². The highest BCUT2D eigenvalue weighted by Crippen LogP contribution is 2.21. The molecule has 2 aromatic rings. The van der Waals surface area contributed by atoms with E-state index in [4.69, 9.17) is 11.6 Å². The summed E-state index contributed by atoms with van der Waals surface area (Å²) in [5.74, 6) is -0.346. The van der Waals surface area contributed by atoms with E-state index in [1.165, 1.54) is 4.57 Å². The van der Waals surface area contributed by atoms with E-state index in [9.17, 15) is 14.4 Å². The summed E-state index contributed by atoms with van der Waals surface area (Å²) in [5.41, 5.74) is 1.55. The molecule has 1 aliphatic rings. The molecule has 0 saturated carbocycles. The van der Waals surface area contributed by atoms with Crippen molar-refractivity contribution < 1.29 is 9.59 Å². The predicted molar refractivity (Wildman–Crippen MR) is 115 cm³/mol. The summed E-state index contributed by atoms with van der Waals surface area (Å²) in [6.07, 6.45) is 0.281. The van der Waals surface area contributed by atoms with Crippen molar-refractivity contribution in [1.82, 2.24) is 9.47 Å². The van der Waals surface area contributed by atoms with E-state index in [-0.39, 0.29) is 36.0 Å². The standard InChI is InChI=1S/C21H25ClN4O3/c1-3-19(27)23-18-8-7-15(2)26(21(18)29)14-20(28)25-11-9-24(10-12-25)17-6-4-5-16(22)13-17/h4-8,13H,3,9-12,14H2,1-2H3,(H,23,27). The molecule has 1 N–H and O–H groups in total. The highest BCUT2D eigenvalue weighted by atomic mass is 35.5. The molecule has 0 bridgehead atoms. The van der Waals surface area contributed by atoms with E-state index in [0.29, 0.717) is 36.9 Å². The number of pyridine rings is 1. The van der Waals surface area contributed by atoms with Gasteiger partial charge in [-0.25, -0.2) is 0 Å². The molecule has 2 amide bonds. The maximum Gasteiger partial charge on any atom is 0.274 e. The smallest absolute Gasteiger partial charge is 0.274 e. The van der Waals surface area contributed by atoms with Crippen LogP contribution in [0.5, 0.6) is 0 Å². The fourth-order valence-corrected chi connectivity index (χ4v) is 3.51. The maximum absolute atomic E-state index is 12.8. The van der Waals surface area contributed by atoms with Gasteiger partial charge in [0.1, 0.15) is 12.2 Å². The number of aromatic nitrogens is 1. The Kier molecular flexibility index (Phi) is 6.59. The largest absolute Gasteiger partial charge is 0.368 e. The summed E-state index contributed by atoms with van der Waals surface area (Å²) in [6.45, 7) is 6.00. The van der Waals surface area contributed by atoms with E-state index in [0.717, 1.165) is 5.69 Å². The van der Waals surface area contributed by atoms with Crippen molar-refractivity contribution in [3.63, 3.8) is 0 Å². The first-order chi connectivity index (χ1) is 13.9. The molecule has 2 heterocycles. The number of rotatable bonds is 5. The van der Waals surface area contributed by atoms with Crippen LogP contribution in [0.3, 0.4) is 0 Å². The molecule has 0 atom stereocenters. The lowest BCUT2D eigenvalue weighted by molar-refractivity contribution is -0.132. The third-order valence-electron chi connectivity index (χ3n) is 5.09. The molecule has 3 rings (SSSR count). The normalized spacial score (nSPS) is 14.0. The molecule has 1 fully saturated rings. The average Bonchev–Trinajstić information content (AvgIpc) is 2.73. The third-order valence-corrected chi connectivity index (χ3v) is 5.32. The SMILES string of the molecule is CCC(=O)Nc1ccc(C)n(CC(=O)N2CCN(c3cccc(Cl)c3)CC2)c1=O. The van der Waals surface area contributed by atoms with Crippen LogP contribution in [0.2, 0.25) is 5.02 Å². The molecular weight excluding hydrogens is 392 g/mol. The number of anilines is 2. The Hall–Kier alpha value is -2.80. The molecule has 1 aliphatic heterocycles. The molecule has 1 aromatic heterocycles. The van der Waals surface area contributed by atoms with Gasteiger partial charge in [-0.1, -0.05) is 24.6 Å². The number of amides is 2. The summed E-state index contributed by atoms with van der Waals surface area (Å²) in [6, 6.07) is 11.0. The predicted octanol–water partition coefficient (Wildman–Crippen LogP) is 2.51. The van der Waals surface area contributed by atoms with Gasteiger partial charge in [-0.05, 0) is 37.3 Å². The van der Waals surface area contributed by atoms with Crippen molar-refractivity contribution in [3.8, 4) is 0 Å². The van der Waals surface area contributed by atoms with Crippen LogP contribution in [0.25, 0.3) is 0 Å². The molecule has 1 aromatic carbocycles. The molecule has 154 valence electrons. The number of carbonyl (C=O) groups is 2. The van der Waals surface area contributed by atoms with E-state index in [1.807, 2.05) is 24.3 Å². The molecule has 7 nitrogen and oxygen atoms in total. The average molecular weight is 417 g/mol. The van der Waals surface area contributed by atoms with Gasteiger partial charge in [0.2, 0.25) is 11.8 Å². The summed E-state index contributed by atoms with van der Waals surface area (Å²) < 4.78 is 1.41. The van der Waals surface area contributed by atoms with E-state index < -0.39 is 0 Å². The van der Waals surface area contributed by atoms with Gasteiger partial charge in [-0.15, -0.1) is 0 Å².